The lowest BCUT2D eigenvalue weighted by atomic mass is 10.2. The summed E-state index contributed by atoms with van der Waals surface area (Å²) >= 11 is 0. The smallest absolute Gasteiger partial charge is 0.378 e. The molecule has 1 aromatic heterocycles. The molecule has 0 aliphatic carbocycles. The van der Waals surface area contributed by atoms with Gasteiger partial charge in [0.05, 0.1) is 6.61 Å². The Kier molecular flexibility index (Phi) is 5.03. The molecule has 3 rings (SSSR count). The van der Waals surface area contributed by atoms with Crippen LogP contribution in [0, 0.1) is 0 Å². The van der Waals surface area contributed by atoms with Gasteiger partial charge in [-0.2, -0.15) is 0 Å². The first kappa shape index (κ1) is 16.1. The standard InChI is InChI=1S/C17H16NO3PS/c1-2-20-22(19,23-15-10-4-3-5-11-15)21-16-12-6-8-14-9-7-13-18-17(14)16/h3-13H,2H2,1H3. The van der Waals surface area contributed by atoms with Gasteiger partial charge in [-0.15, -0.1) is 0 Å². The lowest BCUT2D eigenvalue weighted by molar-refractivity contribution is -0.198. The van der Waals surface area contributed by atoms with E-state index in [1.54, 1.807) is 19.2 Å². The zero-order valence-corrected chi connectivity index (χ0v) is 14.3. The first-order valence-corrected chi connectivity index (χ1v) is 10.2. The number of hydrogen-bond acceptors (Lipinski definition) is 4. The second-order valence-electron chi connectivity index (χ2n) is 4.69. The number of rotatable bonds is 5. The number of pyridine rings is 1. The van der Waals surface area contributed by atoms with Gasteiger partial charge in [-0.1, -0.05) is 36.4 Å². The molecule has 0 aliphatic rings. The minimum atomic E-state index is -3.39. The van der Waals surface area contributed by atoms with Gasteiger partial charge in [0.15, 0.2) is 5.75 Å². The molecule has 4 nitrogen and oxygen atoms in total. The van der Waals surface area contributed by atoms with Crippen LogP contribution in [-0.2, 0) is 15.5 Å². The third-order valence-electron chi connectivity index (χ3n) is 3.05. The first-order chi connectivity index (χ1) is 11.2. The average molecular weight is 345 g/mol. The molecule has 0 saturated heterocycles. The highest BCUT2D eigenvalue weighted by atomic mass is 32.5. The monoisotopic (exact) mass is 345 g/mol. The van der Waals surface area contributed by atoms with Crippen LogP contribution in [0.4, 0.5) is 0 Å². The van der Waals surface area contributed by atoms with E-state index in [9.17, 15) is 4.89 Å². The number of aromatic nitrogens is 1. The quantitative estimate of drug-likeness (QED) is 0.521. The molecule has 0 spiro atoms. The summed E-state index contributed by atoms with van der Waals surface area (Å²) in [6.45, 7) is -1.30. The maximum absolute atomic E-state index is 13.1. The Bertz CT molecular complexity index is 849. The molecule has 3 aromatic rings. The van der Waals surface area contributed by atoms with Crippen LogP contribution < -0.4 is 9.42 Å². The molecule has 1 atom stereocenters. The maximum atomic E-state index is 13.1. The van der Waals surface area contributed by atoms with Crippen LogP contribution in [0.15, 0.2) is 71.8 Å². The predicted molar refractivity (Wildman–Crippen MR) is 93.0 cm³/mol. The molecule has 0 radical (unpaired) electrons. The summed E-state index contributed by atoms with van der Waals surface area (Å²) in [6, 6.07) is 18.8. The molecular weight excluding hydrogens is 329 g/mol. The maximum Gasteiger partial charge on any atom is 0.378 e. The van der Waals surface area contributed by atoms with Crippen LogP contribution in [0.1, 0.15) is 6.92 Å². The fraction of sp³-hybridized carbons (Fsp3) is 0.118. The fourth-order valence-corrected chi connectivity index (χ4v) is 5.46. The Morgan fingerprint density at radius 3 is 2.61 bits per heavy atom. The lowest BCUT2D eigenvalue weighted by Gasteiger charge is -2.20. The third kappa shape index (κ3) is 3.95. The molecule has 0 fully saturated rings. The highest BCUT2D eigenvalue weighted by Gasteiger charge is 2.23. The van der Waals surface area contributed by atoms with Gasteiger partial charge in [-0.05, 0) is 19.1 Å². The minimum absolute atomic E-state index is 0.301. The molecule has 6 heteroatoms. The van der Waals surface area contributed by atoms with Crippen LogP contribution in [0.5, 0.6) is 5.75 Å². The zero-order valence-electron chi connectivity index (χ0n) is 12.6. The number of para-hydroxylation sites is 1. The summed E-state index contributed by atoms with van der Waals surface area (Å²) in [5.41, 5.74) is 0.670. The SMILES string of the molecule is CCOP([O-])(Oc1cccc2cccnc12)=[S+]c1ccccc1. The topological polar surface area (TPSA) is 54.4 Å². The highest BCUT2D eigenvalue weighted by Crippen LogP contribution is 2.44. The van der Waals surface area contributed by atoms with Gasteiger partial charge in [0.2, 0.25) is 4.90 Å². The molecule has 0 aliphatic heterocycles. The van der Waals surface area contributed by atoms with Crippen molar-refractivity contribution < 1.29 is 13.9 Å². The van der Waals surface area contributed by atoms with E-state index in [1.165, 1.54) is 0 Å². The molecule has 1 unspecified atom stereocenters. The van der Waals surface area contributed by atoms with Gasteiger partial charge >= 0.3 is 6.72 Å². The number of hydrogen-bond donors (Lipinski definition) is 0. The number of nitrogens with zero attached hydrogens (tertiary/aromatic N) is 1. The number of fused-ring (bicyclic) bond motifs is 1. The largest absolute Gasteiger partial charge is 0.731 e. The minimum Gasteiger partial charge on any atom is -0.731 e. The van der Waals surface area contributed by atoms with E-state index >= 15 is 0 Å². The summed E-state index contributed by atoms with van der Waals surface area (Å²) < 4.78 is 11.2. The van der Waals surface area contributed by atoms with Gasteiger partial charge in [0.1, 0.15) is 5.52 Å². The summed E-state index contributed by atoms with van der Waals surface area (Å²) in [4.78, 5) is 18.2. The van der Waals surface area contributed by atoms with Crippen LogP contribution in [0.2, 0.25) is 0 Å². The normalized spacial score (nSPS) is 13.5. The van der Waals surface area contributed by atoms with E-state index in [0.29, 0.717) is 17.9 Å². The van der Waals surface area contributed by atoms with Crippen molar-refractivity contribution in [1.29, 1.82) is 0 Å². The Hall–Kier alpha value is -1.78. The van der Waals surface area contributed by atoms with E-state index < -0.39 is 6.72 Å². The van der Waals surface area contributed by atoms with Crippen molar-refractivity contribution in [2.75, 3.05) is 6.61 Å². The van der Waals surface area contributed by atoms with Crippen molar-refractivity contribution >= 4 is 28.6 Å². The molecule has 0 bridgehead atoms. The van der Waals surface area contributed by atoms with Gasteiger partial charge in [-0.3, -0.25) is 9.51 Å². The Morgan fingerprint density at radius 1 is 1.04 bits per heavy atom. The molecule has 118 valence electrons. The second-order valence-corrected chi connectivity index (χ2v) is 8.57. The van der Waals surface area contributed by atoms with Crippen molar-refractivity contribution in [3.63, 3.8) is 0 Å². The lowest BCUT2D eigenvalue weighted by Crippen LogP contribution is -2.12. The van der Waals surface area contributed by atoms with Crippen LogP contribution >= 0.6 is 6.72 Å². The summed E-state index contributed by atoms with van der Waals surface area (Å²) in [7, 11) is 1.10. The van der Waals surface area contributed by atoms with Crippen molar-refractivity contribution in [3.8, 4) is 5.75 Å². The predicted octanol–water partition coefficient (Wildman–Crippen LogP) is 3.83. The van der Waals surface area contributed by atoms with Gasteiger partial charge < -0.3 is 9.42 Å². The molecule has 23 heavy (non-hydrogen) atoms. The van der Waals surface area contributed by atoms with Crippen molar-refractivity contribution in [2.24, 2.45) is 0 Å². The Labute approximate surface area is 138 Å². The summed E-state index contributed by atoms with van der Waals surface area (Å²) in [5.74, 6) is 0.461. The van der Waals surface area contributed by atoms with Crippen molar-refractivity contribution in [3.05, 3.63) is 66.9 Å². The van der Waals surface area contributed by atoms with E-state index in [1.807, 2.05) is 54.6 Å². The van der Waals surface area contributed by atoms with Gasteiger partial charge in [-0.25, -0.2) is 0 Å². The van der Waals surface area contributed by atoms with Crippen LogP contribution in [-0.4, -0.2) is 11.6 Å². The zero-order chi connectivity index (χ0) is 16.1. The molecular formula is C17H16NO3PS. The Morgan fingerprint density at radius 2 is 1.83 bits per heavy atom. The van der Waals surface area contributed by atoms with E-state index in [0.717, 1.165) is 21.2 Å². The van der Waals surface area contributed by atoms with Gasteiger partial charge in [0.25, 0.3) is 10.9 Å². The average Bonchev–Trinajstić information content (AvgIpc) is 2.56. The second kappa shape index (κ2) is 7.20. The Balaban J connectivity index is 2.03. The molecule has 0 amide bonds. The highest BCUT2D eigenvalue weighted by molar-refractivity contribution is 8.16. The molecule has 2 aromatic carbocycles. The van der Waals surface area contributed by atoms with E-state index in [2.05, 4.69) is 4.98 Å². The van der Waals surface area contributed by atoms with E-state index in [-0.39, 0.29) is 0 Å². The number of benzene rings is 2. The van der Waals surface area contributed by atoms with Crippen LogP contribution in [0.3, 0.4) is 0 Å². The summed E-state index contributed by atoms with van der Waals surface area (Å²) in [5, 5.41) is 0.928. The fourth-order valence-electron chi connectivity index (χ4n) is 2.11. The van der Waals surface area contributed by atoms with Crippen molar-refractivity contribution in [1.82, 2.24) is 4.98 Å². The third-order valence-corrected chi connectivity index (χ3v) is 6.60. The molecule has 0 N–H and O–H groups in total. The van der Waals surface area contributed by atoms with E-state index in [4.69, 9.17) is 9.05 Å². The van der Waals surface area contributed by atoms with Crippen molar-refractivity contribution in [2.45, 2.75) is 11.8 Å². The molecule has 1 heterocycles. The van der Waals surface area contributed by atoms with Gasteiger partial charge in [0, 0.05) is 23.7 Å². The first-order valence-electron chi connectivity index (χ1n) is 7.23. The van der Waals surface area contributed by atoms with Crippen LogP contribution in [0.25, 0.3) is 10.9 Å². The molecule has 0 saturated carbocycles. The summed E-state index contributed by atoms with van der Waals surface area (Å²) in [6.07, 6.45) is 1.69.